The molecule has 0 saturated carbocycles. The zero-order valence-corrected chi connectivity index (χ0v) is 9.47. The van der Waals surface area contributed by atoms with Crippen LogP contribution in [0.25, 0.3) is 0 Å². The van der Waals surface area contributed by atoms with E-state index in [1.165, 1.54) is 12.1 Å². The second-order valence-electron chi connectivity index (χ2n) is 3.71. The number of carbonyl (C=O) groups is 1. The summed E-state index contributed by atoms with van der Waals surface area (Å²) in [5, 5.41) is 8.89. The van der Waals surface area contributed by atoms with Gasteiger partial charge in [0, 0.05) is 5.56 Å². The summed E-state index contributed by atoms with van der Waals surface area (Å²) in [7, 11) is 0. The third-order valence-corrected chi connectivity index (χ3v) is 2.43. The van der Waals surface area contributed by atoms with Gasteiger partial charge in [-0.05, 0) is 35.9 Å². The molecule has 0 radical (unpaired) electrons. The van der Waals surface area contributed by atoms with Gasteiger partial charge in [0.1, 0.15) is 12.0 Å². The Bertz CT molecular complexity index is 549. The fourth-order valence-corrected chi connectivity index (χ4v) is 1.46. The van der Waals surface area contributed by atoms with E-state index in [-0.39, 0.29) is 17.9 Å². The quantitative estimate of drug-likeness (QED) is 0.844. The first-order chi connectivity index (χ1) is 8.72. The zero-order chi connectivity index (χ0) is 13.0. The van der Waals surface area contributed by atoms with E-state index in [0.717, 1.165) is 11.6 Å². The molecule has 0 aromatic heterocycles. The molecule has 0 spiro atoms. The second kappa shape index (κ2) is 5.42. The molecule has 0 atom stereocenters. The molecule has 0 heterocycles. The maximum absolute atomic E-state index is 13.5. The lowest BCUT2D eigenvalue weighted by molar-refractivity contribution is 0.112. The summed E-state index contributed by atoms with van der Waals surface area (Å²) in [6.07, 6.45) is 0.572. The maximum atomic E-state index is 13.5. The summed E-state index contributed by atoms with van der Waals surface area (Å²) >= 11 is 0. The first kappa shape index (κ1) is 12.3. The highest BCUT2D eigenvalue weighted by molar-refractivity contribution is 5.75. The average Bonchev–Trinajstić information content (AvgIpc) is 2.42. The molecule has 2 aromatic rings. The van der Waals surface area contributed by atoms with E-state index in [0.29, 0.717) is 12.0 Å². The molecular formula is C14H11FO3. The highest BCUT2D eigenvalue weighted by Gasteiger charge is 2.05. The molecule has 2 aromatic carbocycles. The molecule has 0 aliphatic rings. The Morgan fingerprint density at radius 2 is 1.89 bits per heavy atom. The number of aliphatic hydroxyl groups excluding tert-OH is 1. The SMILES string of the molecule is O=Cc1ccc(Oc2ccc(CO)cc2)c(F)c1. The maximum Gasteiger partial charge on any atom is 0.166 e. The third kappa shape index (κ3) is 2.73. The molecule has 0 aliphatic heterocycles. The Morgan fingerprint density at radius 1 is 1.17 bits per heavy atom. The molecule has 0 unspecified atom stereocenters. The van der Waals surface area contributed by atoms with Crippen molar-refractivity contribution in [2.75, 3.05) is 0 Å². The van der Waals surface area contributed by atoms with Crippen molar-refractivity contribution < 1.29 is 19.0 Å². The summed E-state index contributed by atoms with van der Waals surface area (Å²) < 4.78 is 18.9. The van der Waals surface area contributed by atoms with Gasteiger partial charge in [-0.15, -0.1) is 0 Å². The van der Waals surface area contributed by atoms with Crippen molar-refractivity contribution in [3.8, 4) is 11.5 Å². The topological polar surface area (TPSA) is 46.5 Å². The van der Waals surface area contributed by atoms with Crippen LogP contribution in [0.3, 0.4) is 0 Å². The Labute approximate surface area is 103 Å². The normalized spacial score (nSPS) is 10.1. The van der Waals surface area contributed by atoms with Crippen molar-refractivity contribution in [2.24, 2.45) is 0 Å². The van der Waals surface area contributed by atoms with E-state index < -0.39 is 5.82 Å². The third-order valence-electron chi connectivity index (χ3n) is 2.43. The molecule has 4 heteroatoms. The average molecular weight is 246 g/mol. The second-order valence-corrected chi connectivity index (χ2v) is 3.71. The molecule has 92 valence electrons. The number of ether oxygens (including phenoxy) is 1. The number of aldehydes is 1. The number of aliphatic hydroxyl groups is 1. The van der Waals surface area contributed by atoms with Gasteiger partial charge >= 0.3 is 0 Å². The summed E-state index contributed by atoms with van der Waals surface area (Å²) in [6, 6.07) is 10.6. The van der Waals surface area contributed by atoms with Crippen molar-refractivity contribution in [1.82, 2.24) is 0 Å². The minimum atomic E-state index is -0.592. The first-order valence-electron chi connectivity index (χ1n) is 5.35. The van der Waals surface area contributed by atoms with Crippen LogP contribution in [-0.2, 0) is 6.61 Å². The lowest BCUT2D eigenvalue weighted by atomic mass is 10.2. The number of benzene rings is 2. The number of halogens is 1. The molecule has 0 aliphatic carbocycles. The molecule has 1 N–H and O–H groups in total. The zero-order valence-electron chi connectivity index (χ0n) is 9.47. The Hall–Kier alpha value is -2.20. The first-order valence-corrected chi connectivity index (χ1v) is 5.35. The fourth-order valence-electron chi connectivity index (χ4n) is 1.46. The summed E-state index contributed by atoms with van der Waals surface area (Å²) in [4.78, 5) is 10.5. The van der Waals surface area contributed by atoms with Crippen LogP contribution >= 0.6 is 0 Å². The van der Waals surface area contributed by atoms with Gasteiger partial charge in [-0.1, -0.05) is 12.1 Å². The highest BCUT2D eigenvalue weighted by Crippen LogP contribution is 2.25. The minimum absolute atomic E-state index is 0.0529. The van der Waals surface area contributed by atoms with E-state index >= 15 is 0 Å². The molecule has 0 amide bonds. The van der Waals surface area contributed by atoms with Crippen LogP contribution in [0.2, 0.25) is 0 Å². The predicted molar refractivity (Wildman–Crippen MR) is 64.2 cm³/mol. The van der Waals surface area contributed by atoms with Gasteiger partial charge in [0.15, 0.2) is 11.6 Å². The molecule has 18 heavy (non-hydrogen) atoms. The standard InChI is InChI=1S/C14H11FO3/c15-13-7-11(9-17)3-6-14(13)18-12-4-1-10(8-16)2-5-12/h1-7,9,16H,8H2. The smallest absolute Gasteiger partial charge is 0.166 e. The lowest BCUT2D eigenvalue weighted by Crippen LogP contribution is -1.91. The van der Waals surface area contributed by atoms with Crippen LogP contribution < -0.4 is 4.74 Å². The van der Waals surface area contributed by atoms with E-state index in [2.05, 4.69) is 0 Å². The molecule has 0 saturated heterocycles. The van der Waals surface area contributed by atoms with Gasteiger partial charge in [0.2, 0.25) is 0 Å². The molecular weight excluding hydrogens is 235 g/mol. The van der Waals surface area contributed by atoms with Crippen molar-refractivity contribution >= 4 is 6.29 Å². The predicted octanol–water partition coefficient (Wildman–Crippen LogP) is 2.92. The van der Waals surface area contributed by atoms with Gasteiger partial charge in [-0.25, -0.2) is 4.39 Å². The van der Waals surface area contributed by atoms with E-state index in [1.807, 2.05) is 0 Å². The monoisotopic (exact) mass is 246 g/mol. The van der Waals surface area contributed by atoms with E-state index in [9.17, 15) is 9.18 Å². The summed E-state index contributed by atoms with van der Waals surface area (Å²) in [6.45, 7) is -0.0529. The van der Waals surface area contributed by atoms with E-state index in [1.54, 1.807) is 24.3 Å². The summed E-state index contributed by atoms with van der Waals surface area (Å²) in [5.41, 5.74) is 1.01. The van der Waals surface area contributed by atoms with Crippen LogP contribution in [0.15, 0.2) is 42.5 Å². The van der Waals surface area contributed by atoms with Crippen molar-refractivity contribution in [2.45, 2.75) is 6.61 Å². The number of rotatable bonds is 4. The Balaban J connectivity index is 2.19. The Morgan fingerprint density at radius 3 is 2.44 bits per heavy atom. The molecule has 3 nitrogen and oxygen atoms in total. The van der Waals surface area contributed by atoms with Gasteiger partial charge in [0.25, 0.3) is 0 Å². The number of hydrogen-bond acceptors (Lipinski definition) is 3. The van der Waals surface area contributed by atoms with Crippen molar-refractivity contribution in [3.63, 3.8) is 0 Å². The Kier molecular flexibility index (Phi) is 3.69. The highest BCUT2D eigenvalue weighted by atomic mass is 19.1. The van der Waals surface area contributed by atoms with Gasteiger partial charge < -0.3 is 9.84 Å². The van der Waals surface area contributed by atoms with Crippen molar-refractivity contribution in [1.29, 1.82) is 0 Å². The minimum Gasteiger partial charge on any atom is -0.454 e. The summed E-state index contributed by atoms with van der Waals surface area (Å²) in [5.74, 6) is -0.0758. The van der Waals surface area contributed by atoms with Crippen LogP contribution in [0.1, 0.15) is 15.9 Å². The van der Waals surface area contributed by atoms with Crippen molar-refractivity contribution in [3.05, 3.63) is 59.4 Å². The largest absolute Gasteiger partial charge is 0.454 e. The fraction of sp³-hybridized carbons (Fsp3) is 0.0714. The van der Waals surface area contributed by atoms with Crippen LogP contribution in [0.4, 0.5) is 4.39 Å². The van der Waals surface area contributed by atoms with Gasteiger partial charge in [0.05, 0.1) is 6.61 Å². The van der Waals surface area contributed by atoms with Gasteiger partial charge in [-0.2, -0.15) is 0 Å². The van der Waals surface area contributed by atoms with E-state index in [4.69, 9.17) is 9.84 Å². The number of hydrogen-bond donors (Lipinski definition) is 1. The van der Waals surface area contributed by atoms with Crippen LogP contribution in [-0.4, -0.2) is 11.4 Å². The van der Waals surface area contributed by atoms with Crippen LogP contribution in [0.5, 0.6) is 11.5 Å². The molecule has 2 rings (SSSR count). The van der Waals surface area contributed by atoms with Crippen LogP contribution in [0, 0.1) is 5.82 Å². The lowest BCUT2D eigenvalue weighted by Gasteiger charge is -2.07. The number of carbonyl (C=O) groups excluding carboxylic acids is 1. The van der Waals surface area contributed by atoms with Gasteiger partial charge in [-0.3, -0.25) is 4.79 Å². The molecule has 0 bridgehead atoms. The molecule has 0 fully saturated rings.